The Morgan fingerprint density at radius 1 is 1.26 bits per heavy atom. The minimum atomic E-state index is -0.600. The van der Waals surface area contributed by atoms with Crippen molar-refractivity contribution in [2.45, 2.75) is 71.4 Å². The van der Waals surface area contributed by atoms with Crippen LogP contribution in [0.3, 0.4) is 0 Å². The zero-order chi connectivity index (χ0) is 17.5. The second-order valence-corrected chi connectivity index (χ2v) is 7.06. The molecule has 6 heteroatoms. The van der Waals surface area contributed by atoms with Gasteiger partial charge in [0, 0.05) is 26.1 Å². The van der Waals surface area contributed by atoms with E-state index in [-0.39, 0.29) is 25.0 Å². The minimum absolute atomic E-state index is 0.0297. The van der Waals surface area contributed by atoms with Crippen molar-refractivity contribution in [2.24, 2.45) is 0 Å². The maximum atomic E-state index is 13.1. The van der Waals surface area contributed by atoms with Crippen molar-refractivity contribution in [3.05, 3.63) is 11.9 Å². The van der Waals surface area contributed by atoms with Gasteiger partial charge in [-0.25, -0.2) is 9.18 Å². The van der Waals surface area contributed by atoms with Crippen molar-refractivity contribution >= 4 is 12.0 Å². The fourth-order valence-electron chi connectivity index (χ4n) is 2.74. The lowest BCUT2D eigenvalue weighted by Crippen LogP contribution is -2.43. The highest BCUT2D eigenvalue weighted by atomic mass is 19.1. The second-order valence-electron chi connectivity index (χ2n) is 7.06. The number of ether oxygens (including phenoxy) is 1. The van der Waals surface area contributed by atoms with Gasteiger partial charge in [0.25, 0.3) is 0 Å². The Kier molecular flexibility index (Phi) is 7.52. The van der Waals surface area contributed by atoms with Crippen LogP contribution in [0, 0.1) is 0 Å². The van der Waals surface area contributed by atoms with E-state index in [1.54, 1.807) is 25.7 Å². The lowest BCUT2D eigenvalue weighted by molar-refractivity contribution is -0.131. The summed E-state index contributed by atoms with van der Waals surface area (Å²) in [7, 11) is 0. The molecule has 1 fully saturated rings. The van der Waals surface area contributed by atoms with Gasteiger partial charge in [0.05, 0.1) is 6.33 Å². The van der Waals surface area contributed by atoms with E-state index in [0.717, 1.165) is 25.7 Å². The monoisotopic (exact) mass is 328 g/mol. The van der Waals surface area contributed by atoms with Crippen LogP contribution in [0.4, 0.5) is 9.18 Å². The molecule has 0 saturated heterocycles. The number of halogens is 1. The van der Waals surface area contributed by atoms with Crippen LogP contribution in [-0.2, 0) is 9.53 Å². The molecule has 0 spiro atoms. The molecule has 1 saturated carbocycles. The number of rotatable bonds is 5. The molecule has 0 aromatic rings. The predicted molar refractivity (Wildman–Crippen MR) is 87.7 cm³/mol. The summed E-state index contributed by atoms with van der Waals surface area (Å²) in [6.07, 6.45) is 5.17. The summed E-state index contributed by atoms with van der Waals surface area (Å²) in [6.45, 7) is 7.02. The topological polar surface area (TPSA) is 58.6 Å². The molecule has 1 aliphatic rings. The zero-order valence-electron chi connectivity index (χ0n) is 14.7. The number of carbonyl (C=O) groups excluding carboxylic acids is 2. The maximum absolute atomic E-state index is 13.1. The Hall–Kier alpha value is -1.59. The number of amides is 2. The van der Waals surface area contributed by atoms with Gasteiger partial charge in [0.15, 0.2) is 0 Å². The molecule has 1 aliphatic carbocycles. The van der Waals surface area contributed by atoms with Crippen molar-refractivity contribution in [1.29, 1.82) is 0 Å². The van der Waals surface area contributed by atoms with E-state index in [4.69, 9.17) is 4.74 Å². The minimum Gasteiger partial charge on any atom is -0.444 e. The van der Waals surface area contributed by atoms with Gasteiger partial charge < -0.3 is 15.0 Å². The highest BCUT2D eigenvalue weighted by Crippen LogP contribution is 2.23. The van der Waals surface area contributed by atoms with Crippen molar-refractivity contribution in [3.8, 4) is 0 Å². The molecule has 0 unspecified atom stereocenters. The number of hydrogen-bond donors (Lipinski definition) is 1. The molecule has 0 aliphatic heterocycles. The largest absolute Gasteiger partial charge is 0.444 e. The molecule has 0 aromatic heterocycles. The summed E-state index contributed by atoms with van der Waals surface area (Å²) in [5.74, 6) is -0.0616. The summed E-state index contributed by atoms with van der Waals surface area (Å²) in [6, 6.07) is 0.165. The van der Waals surface area contributed by atoms with Crippen molar-refractivity contribution in [1.82, 2.24) is 10.2 Å². The smallest absolute Gasteiger partial charge is 0.407 e. The molecule has 1 N–H and O–H groups in total. The van der Waals surface area contributed by atoms with Gasteiger partial charge in [-0.05, 0) is 39.2 Å². The van der Waals surface area contributed by atoms with Gasteiger partial charge in [0.2, 0.25) is 5.91 Å². The molecular weight excluding hydrogens is 299 g/mol. The summed E-state index contributed by atoms with van der Waals surface area (Å²) < 4.78 is 18.3. The Bertz CT molecular complexity index is 438. The van der Waals surface area contributed by atoms with Crippen molar-refractivity contribution in [2.75, 3.05) is 13.1 Å². The summed E-state index contributed by atoms with van der Waals surface area (Å²) in [5, 5.41) is 2.53. The van der Waals surface area contributed by atoms with Crippen LogP contribution < -0.4 is 5.32 Å². The quantitative estimate of drug-likeness (QED) is 0.839. The van der Waals surface area contributed by atoms with Crippen LogP contribution in [0.25, 0.3) is 0 Å². The predicted octanol–water partition coefficient (Wildman–Crippen LogP) is 3.55. The van der Waals surface area contributed by atoms with E-state index >= 15 is 0 Å². The van der Waals surface area contributed by atoms with Crippen molar-refractivity contribution < 1.29 is 18.7 Å². The van der Waals surface area contributed by atoms with Crippen LogP contribution in [0.5, 0.6) is 0 Å². The van der Waals surface area contributed by atoms with Crippen LogP contribution in [-0.4, -0.2) is 41.6 Å². The highest BCUT2D eigenvalue weighted by Gasteiger charge is 2.24. The van der Waals surface area contributed by atoms with Gasteiger partial charge in [-0.3, -0.25) is 4.79 Å². The number of nitrogens with zero attached hydrogens (tertiary/aromatic N) is 1. The number of alkyl carbamates (subject to hydrolysis) is 1. The first-order chi connectivity index (χ1) is 10.7. The fourth-order valence-corrected chi connectivity index (χ4v) is 2.74. The first kappa shape index (κ1) is 19.5. The standard InChI is InChI=1S/C17H29FN2O3/c1-13(21)20(15-8-6-5-7-9-15)12-14(10-18)11-19-16(22)23-17(2,3)4/h10,15H,5-9,11-12H2,1-4H3,(H,19,22). The Morgan fingerprint density at radius 2 is 1.87 bits per heavy atom. The number of nitrogens with one attached hydrogen (secondary N) is 1. The molecule has 23 heavy (non-hydrogen) atoms. The van der Waals surface area contributed by atoms with Crippen LogP contribution in [0.15, 0.2) is 11.9 Å². The number of carbonyl (C=O) groups is 2. The normalized spacial score (nSPS) is 16.8. The Labute approximate surface area is 138 Å². The molecular formula is C17H29FN2O3. The van der Waals surface area contributed by atoms with Gasteiger partial charge >= 0.3 is 6.09 Å². The van der Waals surface area contributed by atoms with E-state index in [1.165, 1.54) is 13.3 Å². The molecule has 0 heterocycles. The molecule has 132 valence electrons. The van der Waals surface area contributed by atoms with Gasteiger partial charge in [-0.2, -0.15) is 0 Å². The molecule has 0 atom stereocenters. The third-order valence-electron chi connectivity index (χ3n) is 3.81. The van der Waals surface area contributed by atoms with Gasteiger partial charge in [-0.1, -0.05) is 19.3 Å². The molecule has 0 radical (unpaired) electrons. The summed E-state index contributed by atoms with van der Waals surface area (Å²) in [5.41, 5.74) is -0.242. The lowest BCUT2D eigenvalue weighted by Gasteiger charge is -2.34. The molecule has 2 amide bonds. The highest BCUT2D eigenvalue weighted by molar-refractivity contribution is 5.74. The average molecular weight is 328 g/mol. The van der Waals surface area contributed by atoms with E-state index in [2.05, 4.69) is 5.32 Å². The summed E-state index contributed by atoms with van der Waals surface area (Å²) >= 11 is 0. The van der Waals surface area contributed by atoms with Crippen LogP contribution in [0.1, 0.15) is 59.8 Å². The molecule has 1 rings (SSSR count). The second kappa shape index (κ2) is 8.89. The van der Waals surface area contributed by atoms with E-state index in [1.807, 2.05) is 0 Å². The lowest BCUT2D eigenvalue weighted by atomic mass is 9.94. The van der Waals surface area contributed by atoms with Crippen molar-refractivity contribution in [3.63, 3.8) is 0 Å². The van der Waals surface area contributed by atoms with Gasteiger partial charge in [-0.15, -0.1) is 0 Å². The third-order valence-corrected chi connectivity index (χ3v) is 3.81. The first-order valence-electron chi connectivity index (χ1n) is 8.25. The van der Waals surface area contributed by atoms with E-state index in [0.29, 0.717) is 11.9 Å². The molecule has 0 bridgehead atoms. The van der Waals surface area contributed by atoms with Crippen LogP contribution >= 0.6 is 0 Å². The molecule has 0 aromatic carbocycles. The van der Waals surface area contributed by atoms with Gasteiger partial charge in [0.1, 0.15) is 5.60 Å². The molecule has 5 nitrogen and oxygen atoms in total. The maximum Gasteiger partial charge on any atom is 0.407 e. The first-order valence-corrected chi connectivity index (χ1v) is 8.25. The van der Waals surface area contributed by atoms with E-state index < -0.39 is 11.7 Å². The van der Waals surface area contributed by atoms with Crippen LogP contribution in [0.2, 0.25) is 0 Å². The Balaban J connectivity index is 2.55. The fraction of sp³-hybridized carbons (Fsp3) is 0.765. The summed E-state index contributed by atoms with van der Waals surface area (Å²) in [4.78, 5) is 25.2. The zero-order valence-corrected chi connectivity index (χ0v) is 14.7. The van der Waals surface area contributed by atoms with E-state index in [9.17, 15) is 14.0 Å². The average Bonchev–Trinajstić information content (AvgIpc) is 2.46. The number of hydrogen-bond acceptors (Lipinski definition) is 3. The SMILES string of the molecule is CC(=O)N(CC(=CF)CNC(=O)OC(C)(C)C)C1CCCCC1. The Morgan fingerprint density at radius 3 is 2.35 bits per heavy atom. The third kappa shape index (κ3) is 7.48.